The number of aromatic carboxylic acids is 1. The van der Waals surface area contributed by atoms with Crippen LogP contribution in [-0.2, 0) is 13.0 Å². The van der Waals surface area contributed by atoms with E-state index in [-0.39, 0.29) is 5.69 Å². The lowest BCUT2D eigenvalue weighted by atomic mass is 10.2. The molecule has 3 N–H and O–H groups in total. The van der Waals surface area contributed by atoms with Gasteiger partial charge in [-0.05, 0) is 30.8 Å². The first-order valence-electron chi connectivity index (χ1n) is 6.36. The molecule has 7 nitrogen and oxygen atoms in total. The van der Waals surface area contributed by atoms with Crippen molar-refractivity contribution < 1.29 is 14.6 Å². The van der Waals surface area contributed by atoms with Gasteiger partial charge in [0.15, 0.2) is 5.69 Å². The van der Waals surface area contributed by atoms with Crippen molar-refractivity contribution in [2.24, 2.45) is 5.73 Å². The van der Waals surface area contributed by atoms with E-state index in [1.165, 1.54) is 4.68 Å². The average molecular weight is 311 g/mol. The Balaban J connectivity index is 1.99. The molecular weight excluding hydrogens is 296 g/mol. The molecule has 0 spiro atoms. The van der Waals surface area contributed by atoms with Gasteiger partial charge in [-0.15, -0.1) is 5.10 Å². The van der Waals surface area contributed by atoms with Gasteiger partial charge in [-0.1, -0.05) is 16.8 Å². The average Bonchev–Trinajstić information content (AvgIpc) is 2.85. The van der Waals surface area contributed by atoms with Crippen molar-refractivity contribution in [3.8, 4) is 5.75 Å². The van der Waals surface area contributed by atoms with E-state index in [9.17, 15) is 4.79 Å². The molecule has 0 unspecified atom stereocenters. The van der Waals surface area contributed by atoms with Gasteiger partial charge in [0.05, 0.1) is 12.2 Å². The SMILES string of the molecule is NCCc1c(C(=O)O)nnn1CCOc1ccc(Cl)cc1. The quantitative estimate of drug-likeness (QED) is 0.796. The van der Waals surface area contributed by atoms with Gasteiger partial charge in [0.1, 0.15) is 12.4 Å². The molecule has 0 aliphatic rings. The Bertz CT molecular complexity index is 612. The molecule has 0 bridgehead atoms. The van der Waals surface area contributed by atoms with Crippen molar-refractivity contribution in [3.05, 3.63) is 40.7 Å². The summed E-state index contributed by atoms with van der Waals surface area (Å²) in [5.41, 5.74) is 5.93. The molecule has 0 fully saturated rings. The molecule has 2 rings (SSSR count). The van der Waals surface area contributed by atoms with Gasteiger partial charge < -0.3 is 15.6 Å². The number of halogens is 1. The molecule has 0 amide bonds. The third-order valence-corrected chi connectivity index (χ3v) is 3.06. The van der Waals surface area contributed by atoms with Gasteiger partial charge in [0, 0.05) is 11.4 Å². The second-order valence-electron chi connectivity index (χ2n) is 4.25. The van der Waals surface area contributed by atoms with Gasteiger partial charge in [-0.2, -0.15) is 0 Å². The third-order valence-electron chi connectivity index (χ3n) is 2.81. The standard InChI is InChI=1S/C13H15ClN4O3/c14-9-1-3-10(4-2-9)21-8-7-18-11(5-6-15)12(13(19)20)16-17-18/h1-4H,5-8,15H2,(H,19,20). The maximum Gasteiger partial charge on any atom is 0.358 e. The maximum absolute atomic E-state index is 11.0. The van der Waals surface area contributed by atoms with Crippen LogP contribution in [0.3, 0.4) is 0 Å². The van der Waals surface area contributed by atoms with E-state index < -0.39 is 5.97 Å². The molecule has 2 aromatic rings. The first kappa shape index (κ1) is 15.3. The second kappa shape index (κ2) is 7.05. The monoisotopic (exact) mass is 310 g/mol. The fourth-order valence-electron chi connectivity index (χ4n) is 1.84. The van der Waals surface area contributed by atoms with Gasteiger partial charge in [-0.25, -0.2) is 9.48 Å². The van der Waals surface area contributed by atoms with Gasteiger partial charge in [0.2, 0.25) is 0 Å². The summed E-state index contributed by atoms with van der Waals surface area (Å²) in [6.07, 6.45) is 0.398. The fourth-order valence-corrected chi connectivity index (χ4v) is 1.97. The van der Waals surface area contributed by atoms with Gasteiger partial charge in [-0.3, -0.25) is 0 Å². The summed E-state index contributed by atoms with van der Waals surface area (Å²) in [6.45, 7) is 1.05. The number of carboxylic acids is 1. The molecule has 8 heteroatoms. The Labute approximate surface area is 126 Å². The molecule has 1 heterocycles. The summed E-state index contributed by atoms with van der Waals surface area (Å²) in [5, 5.41) is 17.2. The van der Waals surface area contributed by atoms with Crippen LogP contribution in [0, 0.1) is 0 Å². The number of carboxylic acid groups (broad SMARTS) is 1. The van der Waals surface area contributed by atoms with Crippen LogP contribution in [0.4, 0.5) is 0 Å². The Kier molecular flexibility index (Phi) is 5.13. The predicted molar refractivity (Wildman–Crippen MR) is 76.7 cm³/mol. The fraction of sp³-hybridized carbons (Fsp3) is 0.308. The van der Waals surface area contributed by atoms with Crippen LogP contribution < -0.4 is 10.5 Å². The minimum absolute atomic E-state index is 0.0630. The predicted octanol–water partition coefficient (Wildman–Crippen LogP) is 1.21. The van der Waals surface area contributed by atoms with E-state index in [0.29, 0.717) is 42.6 Å². The van der Waals surface area contributed by atoms with Crippen molar-refractivity contribution in [2.75, 3.05) is 13.2 Å². The highest BCUT2D eigenvalue weighted by atomic mass is 35.5. The van der Waals surface area contributed by atoms with Gasteiger partial charge >= 0.3 is 5.97 Å². The van der Waals surface area contributed by atoms with E-state index in [1.807, 2.05) is 0 Å². The number of hydrogen-bond donors (Lipinski definition) is 2. The number of nitrogens with zero attached hydrogens (tertiary/aromatic N) is 3. The highest BCUT2D eigenvalue weighted by molar-refractivity contribution is 6.30. The van der Waals surface area contributed by atoms with Crippen LogP contribution in [-0.4, -0.2) is 39.2 Å². The molecule has 112 valence electrons. The van der Waals surface area contributed by atoms with Crippen molar-refractivity contribution >= 4 is 17.6 Å². The third kappa shape index (κ3) is 3.93. The Hall–Kier alpha value is -2.12. The molecule has 0 aliphatic heterocycles. The number of aromatic nitrogens is 3. The molecule has 0 radical (unpaired) electrons. The summed E-state index contributed by atoms with van der Waals surface area (Å²) in [4.78, 5) is 11.0. The van der Waals surface area contributed by atoms with E-state index >= 15 is 0 Å². The smallest absolute Gasteiger partial charge is 0.358 e. The Morgan fingerprint density at radius 3 is 2.71 bits per heavy atom. The van der Waals surface area contributed by atoms with Crippen molar-refractivity contribution in [1.29, 1.82) is 0 Å². The number of nitrogens with two attached hydrogens (primary N) is 1. The highest BCUT2D eigenvalue weighted by Gasteiger charge is 2.17. The molecule has 0 saturated heterocycles. The summed E-state index contributed by atoms with van der Waals surface area (Å²) < 4.78 is 7.05. The van der Waals surface area contributed by atoms with Gasteiger partial charge in [0.25, 0.3) is 0 Å². The zero-order valence-corrected chi connectivity index (χ0v) is 12.0. The van der Waals surface area contributed by atoms with Crippen molar-refractivity contribution in [3.63, 3.8) is 0 Å². The Morgan fingerprint density at radius 2 is 2.10 bits per heavy atom. The zero-order valence-electron chi connectivity index (χ0n) is 11.2. The lowest BCUT2D eigenvalue weighted by Gasteiger charge is -2.08. The number of hydrogen-bond acceptors (Lipinski definition) is 5. The first-order chi connectivity index (χ1) is 10.1. The first-order valence-corrected chi connectivity index (χ1v) is 6.73. The lowest BCUT2D eigenvalue weighted by Crippen LogP contribution is -2.16. The number of benzene rings is 1. The van der Waals surface area contributed by atoms with Crippen molar-refractivity contribution in [2.45, 2.75) is 13.0 Å². The maximum atomic E-state index is 11.0. The molecule has 0 aliphatic carbocycles. The van der Waals surface area contributed by atoms with Crippen LogP contribution in [0.5, 0.6) is 5.75 Å². The molecule has 1 aromatic carbocycles. The molecule has 0 atom stereocenters. The summed E-state index contributed by atoms with van der Waals surface area (Å²) >= 11 is 5.78. The molecule has 1 aromatic heterocycles. The summed E-state index contributed by atoms with van der Waals surface area (Å²) in [5.74, 6) is -0.429. The lowest BCUT2D eigenvalue weighted by molar-refractivity contribution is 0.0689. The van der Waals surface area contributed by atoms with Crippen molar-refractivity contribution in [1.82, 2.24) is 15.0 Å². The summed E-state index contributed by atoms with van der Waals surface area (Å²) in [6, 6.07) is 6.98. The zero-order chi connectivity index (χ0) is 15.2. The summed E-state index contributed by atoms with van der Waals surface area (Å²) in [7, 11) is 0. The van der Waals surface area contributed by atoms with E-state index in [1.54, 1.807) is 24.3 Å². The normalized spacial score (nSPS) is 10.6. The highest BCUT2D eigenvalue weighted by Crippen LogP contribution is 2.15. The van der Waals surface area contributed by atoms with E-state index in [0.717, 1.165) is 0 Å². The van der Waals surface area contributed by atoms with Crippen LogP contribution in [0.2, 0.25) is 5.02 Å². The van der Waals surface area contributed by atoms with E-state index in [2.05, 4.69) is 10.3 Å². The largest absolute Gasteiger partial charge is 0.492 e. The van der Waals surface area contributed by atoms with Crippen LogP contribution in [0.25, 0.3) is 0 Å². The Morgan fingerprint density at radius 1 is 1.38 bits per heavy atom. The number of ether oxygens (including phenoxy) is 1. The molecule has 21 heavy (non-hydrogen) atoms. The topological polar surface area (TPSA) is 103 Å². The molecule has 0 saturated carbocycles. The minimum atomic E-state index is -1.11. The minimum Gasteiger partial charge on any atom is -0.492 e. The van der Waals surface area contributed by atoms with Crippen LogP contribution >= 0.6 is 11.6 Å². The number of rotatable bonds is 7. The van der Waals surface area contributed by atoms with Crippen LogP contribution in [0.1, 0.15) is 16.2 Å². The van der Waals surface area contributed by atoms with E-state index in [4.69, 9.17) is 27.2 Å². The second-order valence-corrected chi connectivity index (χ2v) is 4.69. The van der Waals surface area contributed by atoms with Crippen LogP contribution in [0.15, 0.2) is 24.3 Å². The molecular formula is C13H15ClN4O3. The number of carbonyl (C=O) groups is 1.